The van der Waals surface area contributed by atoms with E-state index in [1.807, 2.05) is 27.7 Å². The van der Waals surface area contributed by atoms with Crippen LogP contribution in [0.25, 0.3) is 0 Å². The molecule has 0 N–H and O–H groups in total. The lowest BCUT2D eigenvalue weighted by Gasteiger charge is -2.31. The molecule has 2 atom stereocenters. The van der Waals surface area contributed by atoms with Gasteiger partial charge in [0.25, 0.3) is 0 Å². The van der Waals surface area contributed by atoms with E-state index in [0.29, 0.717) is 26.1 Å². The highest BCUT2D eigenvalue weighted by atomic mass is 28.4. The Morgan fingerprint density at radius 1 is 0.952 bits per heavy atom. The molecule has 0 bridgehead atoms. The van der Waals surface area contributed by atoms with E-state index in [2.05, 4.69) is 6.92 Å². The Morgan fingerprint density at radius 3 is 2.05 bits per heavy atom. The van der Waals surface area contributed by atoms with Crippen molar-refractivity contribution < 1.29 is 17.7 Å². The van der Waals surface area contributed by atoms with Gasteiger partial charge in [0.2, 0.25) is 0 Å². The van der Waals surface area contributed by atoms with Crippen LogP contribution in [0.5, 0.6) is 0 Å². The molecular weight excluding hydrogens is 287 g/mol. The van der Waals surface area contributed by atoms with Crippen LogP contribution in [-0.2, 0) is 13.3 Å². The highest BCUT2D eigenvalue weighted by Gasteiger charge is 2.40. The van der Waals surface area contributed by atoms with Crippen LogP contribution in [0, 0.1) is 0 Å². The summed E-state index contributed by atoms with van der Waals surface area (Å²) in [5, 5.41) is 0. The molecule has 0 aromatic heterocycles. The van der Waals surface area contributed by atoms with E-state index in [0.717, 1.165) is 18.9 Å². The number of halogens is 1. The van der Waals surface area contributed by atoms with Crippen LogP contribution in [0.4, 0.5) is 4.39 Å². The minimum absolute atomic E-state index is 0.157. The molecule has 128 valence electrons. The lowest BCUT2D eigenvalue weighted by atomic mass is 10.1. The van der Waals surface area contributed by atoms with Crippen LogP contribution in [0.1, 0.15) is 73.1 Å². The van der Waals surface area contributed by atoms with Crippen molar-refractivity contribution in [2.75, 3.05) is 13.2 Å². The molecule has 0 spiro atoms. The maximum Gasteiger partial charge on any atom is 0.500 e. The van der Waals surface area contributed by atoms with Crippen LogP contribution >= 0.6 is 0 Å². The average Bonchev–Trinajstić information content (AvgIpc) is 2.44. The number of hydrogen-bond donors (Lipinski definition) is 0. The van der Waals surface area contributed by atoms with Gasteiger partial charge in [-0.25, -0.2) is 4.39 Å². The summed E-state index contributed by atoms with van der Waals surface area (Å²) in [5.41, 5.74) is 0. The van der Waals surface area contributed by atoms with Crippen molar-refractivity contribution in [1.29, 1.82) is 0 Å². The quantitative estimate of drug-likeness (QED) is 0.328. The lowest BCUT2D eigenvalue weighted by Crippen LogP contribution is -2.47. The summed E-state index contributed by atoms with van der Waals surface area (Å²) < 4.78 is 31.5. The molecular formula is C16H35FO3Si. The fourth-order valence-corrected chi connectivity index (χ4v) is 4.85. The zero-order chi connectivity index (χ0) is 16.1. The van der Waals surface area contributed by atoms with Gasteiger partial charge in [0.15, 0.2) is 0 Å². The van der Waals surface area contributed by atoms with E-state index >= 15 is 0 Å². The molecule has 0 aliphatic rings. The molecule has 0 radical (unpaired) electrons. The second kappa shape index (κ2) is 12.6. The predicted octanol–water partition coefficient (Wildman–Crippen LogP) is 5.12. The predicted molar refractivity (Wildman–Crippen MR) is 88.3 cm³/mol. The third kappa shape index (κ3) is 9.61. The maximum atomic E-state index is 14.0. The molecule has 0 aliphatic heterocycles. The van der Waals surface area contributed by atoms with Gasteiger partial charge in [0.1, 0.15) is 6.17 Å². The number of hydrogen-bond acceptors (Lipinski definition) is 3. The van der Waals surface area contributed by atoms with Crippen molar-refractivity contribution in [3.05, 3.63) is 0 Å². The summed E-state index contributed by atoms with van der Waals surface area (Å²) in [6.45, 7) is 11.1. The fraction of sp³-hybridized carbons (Fsp3) is 1.00. The van der Waals surface area contributed by atoms with Crippen LogP contribution in [-0.4, -0.2) is 34.3 Å². The van der Waals surface area contributed by atoms with Crippen molar-refractivity contribution in [3.8, 4) is 0 Å². The third-order valence-corrected chi connectivity index (χ3v) is 6.59. The summed E-state index contributed by atoms with van der Waals surface area (Å²) in [7, 11) is -2.61. The standard InChI is InChI=1S/C16H35FO3Si/c1-6-10-11-12-13-16(17)14-15(5)20-21(9-4,18-7-2)19-8-3/h15-16H,6-14H2,1-5H3. The van der Waals surface area contributed by atoms with E-state index in [9.17, 15) is 4.39 Å². The highest BCUT2D eigenvalue weighted by Crippen LogP contribution is 2.21. The van der Waals surface area contributed by atoms with Gasteiger partial charge >= 0.3 is 8.80 Å². The topological polar surface area (TPSA) is 27.7 Å². The average molecular weight is 323 g/mol. The van der Waals surface area contributed by atoms with E-state index in [4.69, 9.17) is 13.3 Å². The summed E-state index contributed by atoms with van der Waals surface area (Å²) >= 11 is 0. The fourth-order valence-electron chi connectivity index (χ4n) is 2.46. The highest BCUT2D eigenvalue weighted by molar-refractivity contribution is 6.60. The molecule has 0 saturated heterocycles. The van der Waals surface area contributed by atoms with Gasteiger partial charge in [0.05, 0.1) is 0 Å². The van der Waals surface area contributed by atoms with Gasteiger partial charge in [-0.1, -0.05) is 39.5 Å². The molecule has 0 fully saturated rings. The molecule has 0 aromatic carbocycles. The maximum absolute atomic E-state index is 14.0. The Morgan fingerprint density at radius 2 is 1.57 bits per heavy atom. The molecule has 5 heteroatoms. The molecule has 2 unspecified atom stereocenters. The van der Waals surface area contributed by atoms with Gasteiger partial charge in [0, 0.05) is 31.8 Å². The van der Waals surface area contributed by atoms with Gasteiger partial charge < -0.3 is 13.3 Å². The Labute approximate surface area is 131 Å². The Kier molecular flexibility index (Phi) is 12.6. The monoisotopic (exact) mass is 322 g/mol. The number of alkyl halides is 1. The first kappa shape index (κ1) is 21.0. The van der Waals surface area contributed by atoms with E-state index in [1.54, 1.807) is 0 Å². The van der Waals surface area contributed by atoms with Gasteiger partial charge in [-0.15, -0.1) is 0 Å². The smallest absolute Gasteiger partial charge is 0.374 e. The van der Waals surface area contributed by atoms with Gasteiger partial charge in [-0.3, -0.25) is 0 Å². The largest absolute Gasteiger partial charge is 0.500 e. The molecule has 0 amide bonds. The second-order valence-corrected chi connectivity index (χ2v) is 8.40. The van der Waals surface area contributed by atoms with Gasteiger partial charge in [-0.2, -0.15) is 0 Å². The van der Waals surface area contributed by atoms with E-state index in [1.165, 1.54) is 12.8 Å². The lowest BCUT2D eigenvalue weighted by molar-refractivity contribution is 0.0275. The van der Waals surface area contributed by atoms with Crippen molar-refractivity contribution in [2.24, 2.45) is 0 Å². The summed E-state index contributed by atoms with van der Waals surface area (Å²) in [6, 6.07) is 0.729. The summed E-state index contributed by atoms with van der Waals surface area (Å²) in [5.74, 6) is 0. The molecule has 21 heavy (non-hydrogen) atoms. The van der Waals surface area contributed by atoms with Crippen molar-refractivity contribution >= 4 is 8.80 Å². The van der Waals surface area contributed by atoms with Crippen LogP contribution < -0.4 is 0 Å². The van der Waals surface area contributed by atoms with Crippen molar-refractivity contribution in [3.63, 3.8) is 0 Å². The second-order valence-electron chi connectivity index (χ2n) is 5.51. The SMILES string of the molecule is CCCCCCC(F)CC(C)O[Si](CC)(OCC)OCC. The Balaban J connectivity index is 4.19. The minimum atomic E-state index is -2.61. The normalized spacial score (nSPS) is 15.1. The minimum Gasteiger partial charge on any atom is -0.374 e. The number of unbranched alkanes of at least 4 members (excludes halogenated alkanes) is 3. The Bertz CT molecular complexity index is 236. The molecule has 0 rings (SSSR count). The van der Waals surface area contributed by atoms with Gasteiger partial charge in [-0.05, 0) is 27.2 Å². The zero-order valence-electron chi connectivity index (χ0n) is 14.6. The first-order valence-electron chi connectivity index (χ1n) is 8.63. The molecule has 0 saturated carbocycles. The molecule has 0 aliphatic carbocycles. The first-order chi connectivity index (χ1) is 10.0. The molecule has 0 heterocycles. The van der Waals surface area contributed by atoms with E-state index < -0.39 is 15.0 Å². The first-order valence-corrected chi connectivity index (χ1v) is 10.6. The number of rotatable bonds is 14. The van der Waals surface area contributed by atoms with Crippen LogP contribution in [0.3, 0.4) is 0 Å². The molecule has 3 nitrogen and oxygen atoms in total. The van der Waals surface area contributed by atoms with Crippen molar-refractivity contribution in [2.45, 2.75) is 91.5 Å². The van der Waals surface area contributed by atoms with Crippen LogP contribution in [0.2, 0.25) is 6.04 Å². The third-order valence-electron chi connectivity index (χ3n) is 3.50. The van der Waals surface area contributed by atoms with E-state index in [-0.39, 0.29) is 6.10 Å². The summed E-state index contributed by atoms with van der Waals surface area (Å²) in [6.07, 6.45) is 4.59. The zero-order valence-corrected chi connectivity index (χ0v) is 15.6. The Hall–Kier alpha value is 0.0269. The molecule has 0 aromatic rings. The van der Waals surface area contributed by atoms with Crippen LogP contribution in [0.15, 0.2) is 0 Å². The van der Waals surface area contributed by atoms with Crippen molar-refractivity contribution in [1.82, 2.24) is 0 Å². The summed E-state index contributed by atoms with van der Waals surface area (Å²) in [4.78, 5) is 0.